The molecule has 1 heterocycles. The summed E-state index contributed by atoms with van der Waals surface area (Å²) in [5.74, 6) is -6.79. The van der Waals surface area contributed by atoms with E-state index < -0.39 is 103 Å². The second-order valence-electron chi connectivity index (χ2n) is 19.8. The highest BCUT2D eigenvalue weighted by molar-refractivity contribution is 7.99. The maximum Gasteiger partial charge on any atom is 0.245 e. The van der Waals surface area contributed by atoms with Crippen molar-refractivity contribution in [1.82, 2.24) is 47.9 Å². The van der Waals surface area contributed by atoms with Crippen LogP contribution in [0.5, 0.6) is 0 Å². The van der Waals surface area contributed by atoms with E-state index in [0.717, 1.165) is 31.0 Å². The van der Waals surface area contributed by atoms with Crippen LogP contribution in [0.1, 0.15) is 154 Å². The van der Waals surface area contributed by atoms with Crippen molar-refractivity contribution in [2.24, 2.45) is 17.2 Å². The van der Waals surface area contributed by atoms with Crippen molar-refractivity contribution >= 4 is 70.9 Å². The van der Waals surface area contributed by atoms with E-state index in [4.69, 9.17) is 22.6 Å². The number of aliphatic hydroxyl groups excluding tert-OH is 1. The summed E-state index contributed by atoms with van der Waals surface area (Å²) in [4.78, 5) is 120. The predicted octanol–water partition coefficient (Wildman–Crippen LogP) is 0.637. The average molecular weight is 1100 g/mol. The predicted molar refractivity (Wildman–Crippen MR) is 298 cm³/mol. The molecule has 0 spiro atoms. The number of carbonyl (C=O) groups excluding carboxylic acids is 9. The molecular formula is C53H91N13O10S. The lowest BCUT2D eigenvalue weighted by Crippen LogP contribution is -2.59. The number of guanidine groups is 1. The van der Waals surface area contributed by atoms with Crippen LogP contribution in [0, 0.1) is 5.41 Å². The highest BCUT2D eigenvalue weighted by Gasteiger charge is 2.33. The number of hydrogen-bond acceptors (Lipinski definition) is 13. The number of hydrogen-bond donors (Lipinski definition) is 14. The Morgan fingerprint density at radius 3 is 1.95 bits per heavy atom. The van der Waals surface area contributed by atoms with Crippen LogP contribution in [0.15, 0.2) is 30.3 Å². The third-order valence-electron chi connectivity index (χ3n) is 13.0. The van der Waals surface area contributed by atoms with Crippen molar-refractivity contribution in [2.75, 3.05) is 37.7 Å². The van der Waals surface area contributed by atoms with Crippen LogP contribution in [0.4, 0.5) is 0 Å². The minimum atomic E-state index is -1.56. The lowest BCUT2D eigenvalue weighted by molar-refractivity contribution is -0.135. The fraction of sp³-hybridized carbons (Fsp3) is 0.698. The van der Waals surface area contributed by atoms with Gasteiger partial charge in [-0.25, -0.2) is 0 Å². The molecule has 1 aliphatic heterocycles. The SMILES string of the molecule is CCCCCCCCCCCCCCCC(=O)NCCCC[C@H](N)C(=O)NCC(=O)N[C@H]1CSCC[C@@H](C(N)=O)NC(=O)[C@H]([C@@H](C)O)NC(=O)CNC(=O)[C@H](Cc2ccccc2)NC(=O)[C@H](CCCCNC(=N)N)NC1=O. The van der Waals surface area contributed by atoms with Crippen LogP contribution in [-0.4, -0.2) is 144 Å². The van der Waals surface area contributed by atoms with Crippen LogP contribution < -0.4 is 65.1 Å². The summed E-state index contributed by atoms with van der Waals surface area (Å²) in [6.07, 6.45) is 17.1. The summed E-state index contributed by atoms with van der Waals surface area (Å²) in [6, 6.07) is 0.953. The second kappa shape index (κ2) is 40.2. The van der Waals surface area contributed by atoms with Gasteiger partial charge in [-0.3, -0.25) is 48.6 Å². The van der Waals surface area contributed by atoms with Crippen LogP contribution in [0.2, 0.25) is 0 Å². The fourth-order valence-electron chi connectivity index (χ4n) is 8.41. The van der Waals surface area contributed by atoms with Crippen LogP contribution in [0.3, 0.4) is 0 Å². The number of primary amides is 1. The number of thioether (sulfide) groups is 1. The van der Waals surface area contributed by atoms with Crippen molar-refractivity contribution < 1.29 is 48.3 Å². The zero-order chi connectivity index (χ0) is 56.8. The Hall–Kier alpha value is -6.01. The number of amides is 9. The first-order valence-electron chi connectivity index (χ1n) is 27.7. The summed E-state index contributed by atoms with van der Waals surface area (Å²) in [5.41, 5.74) is 17.8. The van der Waals surface area contributed by atoms with Gasteiger partial charge in [-0.15, -0.1) is 0 Å². The van der Waals surface area contributed by atoms with Crippen molar-refractivity contribution in [2.45, 2.75) is 197 Å². The zero-order valence-corrected chi connectivity index (χ0v) is 46.3. The van der Waals surface area contributed by atoms with Gasteiger partial charge in [0.1, 0.15) is 30.2 Å². The second-order valence-corrected chi connectivity index (χ2v) is 20.9. The molecule has 24 heteroatoms. The molecule has 0 aliphatic carbocycles. The Labute approximate surface area is 459 Å². The maximum absolute atomic E-state index is 14.2. The standard InChI is InChI=1S/C53H91N13O10S/c1-3-4-5-6-7-8-9-10-11-12-13-14-18-27-43(68)58-29-21-19-25-38(54)48(72)60-33-44(69)62-42-35-77-31-28-39(47(55)71)63-52(76)46(36(2)67)66-45(70)34-61-49(73)41(32-37-23-16-15-17-24-37)65-50(74)40(64-51(42)75)26-20-22-30-59-53(56)57/h15-17,23-24,36,38-42,46,67H,3-14,18-22,25-35,54H2,1-2H3,(H2,55,71)(H,58,68)(H,60,72)(H,61,73)(H,62,69)(H,63,76)(H,64,75)(H,65,74)(H,66,70)(H4,56,57,59)/t36-,38+,39+,40+,41+,42+,46+/m1/s1. The van der Waals surface area contributed by atoms with E-state index in [2.05, 4.69) is 54.8 Å². The summed E-state index contributed by atoms with van der Waals surface area (Å²) in [5, 5.41) is 41.2. The number of nitrogens with two attached hydrogens (primary N) is 3. The van der Waals surface area contributed by atoms with Gasteiger partial charge in [0.15, 0.2) is 5.96 Å². The number of rotatable bonds is 32. The molecule has 7 atom stereocenters. The van der Waals surface area contributed by atoms with E-state index in [9.17, 15) is 48.3 Å². The Morgan fingerprint density at radius 1 is 0.714 bits per heavy atom. The number of benzene rings is 1. The summed E-state index contributed by atoms with van der Waals surface area (Å²) < 4.78 is 0. The van der Waals surface area contributed by atoms with Gasteiger partial charge in [-0.05, 0) is 69.6 Å². The fourth-order valence-corrected chi connectivity index (χ4v) is 9.44. The van der Waals surface area contributed by atoms with Crippen LogP contribution in [0.25, 0.3) is 0 Å². The Morgan fingerprint density at radius 2 is 1.32 bits per heavy atom. The molecule has 9 amide bonds. The molecule has 1 fully saturated rings. The number of nitrogens with one attached hydrogen (secondary N) is 10. The van der Waals surface area contributed by atoms with E-state index in [-0.39, 0.29) is 55.6 Å². The van der Waals surface area contributed by atoms with E-state index >= 15 is 0 Å². The lowest BCUT2D eigenvalue weighted by atomic mass is 10.0. The molecule has 2 rings (SSSR count). The molecule has 1 aromatic rings. The van der Waals surface area contributed by atoms with Gasteiger partial charge in [-0.2, -0.15) is 11.8 Å². The van der Waals surface area contributed by atoms with Gasteiger partial charge < -0.3 is 70.2 Å². The summed E-state index contributed by atoms with van der Waals surface area (Å²) >= 11 is 1.09. The first kappa shape index (κ1) is 67.1. The third-order valence-corrected chi connectivity index (χ3v) is 14.1. The van der Waals surface area contributed by atoms with Gasteiger partial charge >= 0.3 is 0 Å². The average Bonchev–Trinajstić information content (AvgIpc) is 3.39. The molecule has 0 radical (unpaired) electrons. The minimum absolute atomic E-state index is 0.00515. The van der Waals surface area contributed by atoms with Crippen LogP contribution >= 0.6 is 11.8 Å². The monoisotopic (exact) mass is 1100 g/mol. The first-order chi connectivity index (χ1) is 36.9. The molecule has 0 aromatic heterocycles. The van der Waals surface area contributed by atoms with Crippen LogP contribution in [-0.2, 0) is 49.6 Å². The highest BCUT2D eigenvalue weighted by atomic mass is 32.2. The third kappa shape index (κ3) is 31.1. The van der Waals surface area contributed by atoms with E-state index in [1.807, 2.05) is 0 Å². The Balaban J connectivity index is 2.10. The van der Waals surface area contributed by atoms with Gasteiger partial charge in [0.2, 0.25) is 53.2 Å². The number of aliphatic hydroxyl groups is 1. The molecular weight excluding hydrogens is 1010 g/mol. The largest absolute Gasteiger partial charge is 0.391 e. The van der Waals surface area contributed by atoms with E-state index in [0.29, 0.717) is 44.2 Å². The molecule has 23 nitrogen and oxygen atoms in total. The van der Waals surface area contributed by atoms with Crippen molar-refractivity contribution in [1.29, 1.82) is 5.41 Å². The molecule has 17 N–H and O–H groups in total. The number of carbonyl (C=O) groups is 9. The van der Waals surface area contributed by atoms with Gasteiger partial charge in [-0.1, -0.05) is 114 Å². The van der Waals surface area contributed by atoms with Crippen molar-refractivity contribution in [3.63, 3.8) is 0 Å². The summed E-state index contributed by atoms with van der Waals surface area (Å²) in [6.45, 7) is 2.97. The van der Waals surface area contributed by atoms with Gasteiger partial charge in [0.05, 0.1) is 25.2 Å². The molecule has 1 aliphatic rings. The summed E-state index contributed by atoms with van der Waals surface area (Å²) in [7, 11) is 0. The lowest BCUT2D eigenvalue weighted by Gasteiger charge is -2.26. The molecule has 434 valence electrons. The minimum Gasteiger partial charge on any atom is -0.391 e. The first-order valence-corrected chi connectivity index (χ1v) is 28.8. The topological polar surface area (TPSA) is 384 Å². The quantitative estimate of drug-likeness (QED) is 0.0268. The molecule has 0 bridgehead atoms. The molecule has 0 unspecified atom stereocenters. The smallest absolute Gasteiger partial charge is 0.245 e. The normalized spacial score (nSPS) is 19.9. The molecule has 0 saturated carbocycles. The Kier molecular flexibility index (Phi) is 35.1. The highest BCUT2D eigenvalue weighted by Crippen LogP contribution is 2.14. The molecule has 1 saturated heterocycles. The van der Waals surface area contributed by atoms with Gasteiger partial charge in [0, 0.05) is 31.7 Å². The number of unbranched alkanes of at least 4 members (excludes halogenated alkanes) is 14. The Bertz CT molecular complexity index is 1980. The maximum atomic E-state index is 14.2. The van der Waals surface area contributed by atoms with Gasteiger partial charge in [0.25, 0.3) is 0 Å². The molecule has 1 aromatic carbocycles. The van der Waals surface area contributed by atoms with Crippen molar-refractivity contribution in [3.05, 3.63) is 35.9 Å². The molecule has 77 heavy (non-hydrogen) atoms. The van der Waals surface area contributed by atoms with E-state index in [1.165, 1.54) is 71.1 Å². The zero-order valence-electron chi connectivity index (χ0n) is 45.5. The van der Waals surface area contributed by atoms with Crippen molar-refractivity contribution in [3.8, 4) is 0 Å². The van der Waals surface area contributed by atoms with E-state index in [1.54, 1.807) is 30.3 Å².